The molecule has 1 saturated carbocycles. The Hall–Kier alpha value is -0.540. The molecule has 1 unspecified atom stereocenters. The van der Waals surface area contributed by atoms with E-state index in [1.165, 1.54) is 12.8 Å². The number of rotatable bonds is 6. The molecule has 0 aliphatic heterocycles. The molecule has 94 valence electrons. The molecule has 1 atom stereocenters. The maximum absolute atomic E-state index is 6.03. The van der Waals surface area contributed by atoms with Crippen molar-refractivity contribution in [2.75, 3.05) is 6.54 Å². The van der Waals surface area contributed by atoms with Gasteiger partial charge in [0, 0.05) is 17.1 Å². The lowest BCUT2D eigenvalue weighted by Gasteiger charge is -2.23. The van der Waals surface area contributed by atoms with Crippen LogP contribution in [0.5, 0.6) is 5.75 Å². The molecule has 1 aromatic rings. The largest absolute Gasteiger partial charge is 0.489 e. The van der Waals surface area contributed by atoms with Crippen LogP contribution >= 0.6 is 15.9 Å². The number of halogens is 1. The lowest BCUT2D eigenvalue weighted by atomic mass is 10.1. The Bertz CT molecular complexity index is 346. The molecule has 0 radical (unpaired) electrons. The van der Waals surface area contributed by atoms with E-state index in [1.54, 1.807) is 0 Å². The van der Waals surface area contributed by atoms with Crippen LogP contribution in [0.2, 0.25) is 0 Å². The zero-order valence-corrected chi connectivity index (χ0v) is 12.0. The van der Waals surface area contributed by atoms with E-state index in [0.29, 0.717) is 5.92 Å². The summed E-state index contributed by atoms with van der Waals surface area (Å²) >= 11 is 3.43. The maximum atomic E-state index is 6.03. The average Bonchev–Trinajstić information content (AvgIpc) is 3.10. The molecule has 0 heterocycles. The zero-order valence-electron chi connectivity index (χ0n) is 10.4. The summed E-state index contributed by atoms with van der Waals surface area (Å²) < 4.78 is 7.11. The third kappa shape index (κ3) is 4.32. The van der Waals surface area contributed by atoms with E-state index < -0.39 is 0 Å². The van der Waals surface area contributed by atoms with Gasteiger partial charge in [0.15, 0.2) is 0 Å². The first-order chi connectivity index (χ1) is 8.15. The van der Waals surface area contributed by atoms with Crippen molar-refractivity contribution >= 4 is 15.9 Å². The predicted octanol–water partition coefficient (Wildman–Crippen LogP) is 3.60. The summed E-state index contributed by atoms with van der Waals surface area (Å²) in [6.07, 6.45) is 2.89. The summed E-state index contributed by atoms with van der Waals surface area (Å²) in [6, 6.07) is 8.79. The fraction of sp³-hybridized carbons (Fsp3) is 0.571. The molecule has 0 spiro atoms. The van der Waals surface area contributed by atoms with Crippen LogP contribution in [0.15, 0.2) is 28.7 Å². The average molecular weight is 298 g/mol. The topological polar surface area (TPSA) is 21.3 Å². The maximum Gasteiger partial charge on any atom is 0.119 e. The SMILES string of the molecule is CC(C)C(CNC1CC1)Oc1ccc(Br)cc1. The van der Waals surface area contributed by atoms with Gasteiger partial charge in [0.05, 0.1) is 0 Å². The van der Waals surface area contributed by atoms with Crippen molar-refractivity contribution in [3.63, 3.8) is 0 Å². The van der Waals surface area contributed by atoms with Crippen molar-refractivity contribution in [1.29, 1.82) is 0 Å². The first-order valence-corrected chi connectivity index (χ1v) is 7.10. The van der Waals surface area contributed by atoms with Gasteiger partial charge in [0.1, 0.15) is 11.9 Å². The molecule has 1 fully saturated rings. The van der Waals surface area contributed by atoms with Crippen molar-refractivity contribution in [1.82, 2.24) is 5.32 Å². The second kappa shape index (κ2) is 5.87. The van der Waals surface area contributed by atoms with Gasteiger partial charge in [0.25, 0.3) is 0 Å². The predicted molar refractivity (Wildman–Crippen MR) is 74.4 cm³/mol. The number of hydrogen-bond acceptors (Lipinski definition) is 2. The molecular formula is C14H20BrNO. The van der Waals surface area contributed by atoms with E-state index in [2.05, 4.69) is 35.1 Å². The van der Waals surface area contributed by atoms with Gasteiger partial charge in [-0.3, -0.25) is 0 Å². The monoisotopic (exact) mass is 297 g/mol. The molecule has 0 bridgehead atoms. The molecule has 1 N–H and O–H groups in total. The Balaban J connectivity index is 1.88. The van der Waals surface area contributed by atoms with Crippen LogP contribution in [0.1, 0.15) is 26.7 Å². The molecule has 0 amide bonds. The number of hydrogen-bond donors (Lipinski definition) is 1. The van der Waals surface area contributed by atoms with Crippen LogP contribution in [0.25, 0.3) is 0 Å². The third-order valence-electron chi connectivity index (χ3n) is 3.03. The Kier molecular flexibility index (Phi) is 4.46. The zero-order chi connectivity index (χ0) is 12.3. The van der Waals surface area contributed by atoms with Gasteiger partial charge >= 0.3 is 0 Å². The summed E-state index contributed by atoms with van der Waals surface area (Å²) in [7, 11) is 0. The molecular weight excluding hydrogens is 278 g/mol. The van der Waals surface area contributed by atoms with E-state index in [-0.39, 0.29) is 6.10 Å². The minimum absolute atomic E-state index is 0.247. The standard InChI is InChI=1S/C14H20BrNO/c1-10(2)14(9-16-12-5-6-12)17-13-7-3-11(15)4-8-13/h3-4,7-8,10,12,14,16H,5-6,9H2,1-2H3. The summed E-state index contributed by atoms with van der Waals surface area (Å²) in [5.74, 6) is 1.47. The van der Waals surface area contributed by atoms with Crippen molar-refractivity contribution in [2.24, 2.45) is 5.92 Å². The Labute approximate surface area is 112 Å². The molecule has 17 heavy (non-hydrogen) atoms. The van der Waals surface area contributed by atoms with Gasteiger partial charge in [-0.1, -0.05) is 29.8 Å². The van der Waals surface area contributed by atoms with Crippen LogP contribution < -0.4 is 10.1 Å². The second-order valence-electron chi connectivity index (χ2n) is 5.04. The Morgan fingerprint density at radius 1 is 1.29 bits per heavy atom. The van der Waals surface area contributed by atoms with Gasteiger partial charge < -0.3 is 10.1 Å². The molecule has 0 aromatic heterocycles. The number of nitrogens with one attached hydrogen (secondary N) is 1. The van der Waals surface area contributed by atoms with Crippen molar-refractivity contribution in [2.45, 2.75) is 38.8 Å². The minimum atomic E-state index is 0.247. The van der Waals surface area contributed by atoms with E-state index in [4.69, 9.17) is 4.74 Å². The van der Waals surface area contributed by atoms with Gasteiger partial charge in [-0.05, 0) is 43.0 Å². The van der Waals surface area contributed by atoms with Crippen LogP contribution in [0.4, 0.5) is 0 Å². The molecule has 1 aliphatic carbocycles. The lowest BCUT2D eigenvalue weighted by molar-refractivity contribution is 0.148. The van der Waals surface area contributed by atoms with E-state index in [0.717, 1.165) is 22.8 Å². The Morgan fingerprint density at radius 3 is 2.47 bits per heavy atom. The van der Waals surface area contributed by atoms with E-state index >= 15 is 0 Å². The summed E-state index contributed by atoms with van der Waals surface area (Å²) in [5, 5.41) is 3.54. The molecule has 1 aromatic carbocycles. The molecule has 2 nitrogen and oxygen atoms in total. The van der Waals surface area contributed by atoms with E-state index in [1.807, 2.05) is 24.3 Å². The normalized spacial score (nSPS) is 17.2. The molecule has 1 aliphatic rings. The number of benzene rings is 1. The highest BCUT2D eigenvalue weighted by atomic mass is 79.9. The quantitative estimate of drug-likeness (QED) is 0.866. The second-order valence-corrected chi connectivity index (χ2v) is 5.95. The minimum Gasteiger partial charge on any atom is -0.489 e. The van der Waals surface area contributed by atoms with Gasteiger partial charge in [-0.2, -0.15) is 0 Å². The molecule has 0 saturated heterocycles. The highest BCUT2D eigenvalue weighted by Gasteiger charge is 2.23. The van der Waals surface area contributed by atoms with Crippen LogP contribution in [0.3, 0.4) is 0 Å². The number of ether oxygens (including phenoxy) is 1. The van der Waals surface area contributed by atoms with Crippen molar-refractivity contribution in [3.8, 4) is 5.75 Å². The van der Waals surface area contributed by atoms with Gasteiger partial charge in [-0.25, -0.2) is 0 Å². The third-order valence-corrected chi connectivity index (χ3v) is 3.56. The first-order valence-electron chi connectivity index (χ1n) is 6.31. The van der Waals surface area contributed by atoms with Crippen molar-refractivity contribution in [3.05, 3.63) is 28.7 Å². The van der Waals surface area contributed by atoms with Crippen LogP contribution in [-0.2, 0) is 0 Å². The molecule has 2 rings (SSSR count). The summed E-state index contributed by atoms with van der Waals surface area (Å²) in [6.45, 7) is 5.36. The van der Waals surface area contributed by atoms with Crippen molar-refractivity contribution < 1.29 is 4.74 Å². The fourth-order valence-corrected chi connectivity index (χ4v) is 1.94. The van der Waals surface area contributed by atoms with Crippen LogP contribution in [-0.4, -0.2) is 18.7 Å². The molecule has 3 heteroatoms. The first kappa shape index (κ1) is 12.9. The smallest absolute Gasteiger partial charge is 0.119 e. The fourth-order valence-electron chi connectivity index (χ4n) is 1.67. The Morgan fingerprint density at radius 2 is 1.94 bits per heavy atom. The van der Waals surface area contributed by atoms with Crippen LogP contribution in [0, 0.1) is 5.92 Å². The van der Waals surface area contributed by atoms with Gasteiger partial charge in [-0.15, -0.1) is 0 Å². The van der Waals surface area contributed by atoms with Gasteiger partial charge in [0.2, 0.25) is 0 Å². The summed E-state index contributed by atoms with van der Waals surface area (Å²) in [4.78, 5) is 0. The van der Waals surface area contributed by atoms with E-state index in [9.17, 15) is 0 Å². The lowest BCUT2D eigenvalue weighted by Crippen LogP contribution is -2.36. The highest BCUT2D eigenvalue weighted by Crippen LogP contribution is 2.21. The summed E-state index contributed by atoms with van der Waals surface area (Å²) in [5.41, 5.74) is 0. The highest BCUT2D eigenvalue weighted by molar-refractivity contribution is 9.10.